The van der Waals surface area contributed by atoms with Crippen molar-refractivity contribution in [3.8, 4) is 0 Å². The van der Waals surface area contributed by atoms with E-state index in [2.05, 4.69) is 26.0 Å². The Bertz CT molecular complexity index is 758. The molecule has 0 bridgehead atoms. The lowest BCUT2D eigenvalue weighted by molar-refractivity contribution is -0.159. The molecule has 0 aliphatic heterocycles. The lowest BCUT2D eigenvalue weighted by Crippen LogP contribution is -2.11. The molecule has 0 aromatic rings. The Morgan fingerprint density at radius 3 is 0.685 bits per heavy atom. The van der Waals surface area contributed by atoms with Gasteiger partial charge in [-0.25, -0.2) is 0 Å². The highest BCUT2D eigenvalue weighted by molar-refractivity contribution is 5.85. The van der Waals surface area contributed by atoms with Crippen molar-refractivity contribution in [3.63, 3.8) is 0 Å². The van der Waals surface area contributed by atoms with Crippen molar-refractivity contribution >= 4 is 11.9 Å². The summed E-state index contributed by atoms with van der Waals surface area (Å²) in [7, 11) is 0. The standard InChI is InChI=1S/C51H98O3/c1-3-5-7-9-11-13-15-17-19-20-21-22-23-24-25-26-27-28-29-30-31-32-33-35-37-39-41-43-45-47-49-51(53)54-50(52)48-46-44-42-40-38-36-34-18-16-14-12-10-8-6-4-2/h18,34H,3-17,19-33,35-49H2,1-2H3/b34-18-. The van der Waals surface area contributed by atoms with Crippen LogP contribution in [0.5, 0.6) is 0 Å². The summed E-state index contributed by atoms with van der Waals surface area (Å²) in [5.74, 6) is -0.656. The molecule has 0 unspecified atom stereocenters. The number of hydrogen-bond donors (Lipinski definition) is 0. The minimum atomic E-state index is -0.330. The van der Waals surface area contributed by atoms with Crippen LogP contribution < -0.4 is 0 Å². The summed E-state index contributed by atoms with van der Waals surface area (Å²) in [6.07, 6.45) is 63.3. The molecular formula is C51H98O3. The van der Waals surface area contributed by atoms with Gasteiger partial charge in [-0.15, -0.1) is 0 Å². The van der Waals surface area contributed by atoms with E-state index < -0.39 is 0 Å². The number of esters is 2. The largest absolute Gasteiger partial charge is 0.393 e. The first-order valence-electron chi connectivity index (χ1n) is 25.1. The van der Waals surface area contributed by atoms with Gasteiger partial charge in [-0.05, 0) is 38.5 Å². The van der Waals surface area contributed by atoms with Crippen LogP contribution in [0.4, 0.5) is 0 Å². The first-order valence-corrected chi connectivity index (χ1v) is 25.1. The van der Waals surface area contributed by atoms with Gasteiger partial charge in [-0.1, -0.05) is 264 Å². The molecule has 0 heterocycles. The van der Waals surface area contributed by atoms with Gasteiger partial charge in [0.05, 0.1) is 0 Å². The summed E-state index contributed by atoms with van der Waals surface area (Å²) in [4.78, 5) is 24.0. The Kier molecular flexibility index (Phi) is 47.0. The van der Waals surface area contributed by atoms with Gasteiger partial charge in [-0.3, -0.25) is 9.59 Å². The second kappa shape index (κ2) is 48.0. The van der Waals surface area contributed by atoms with E-state index in [1.54, 1.807) is 0 Å². The van der Waals surface area contributed by atoms with Crippen LogP contribution in [0.2, 0.25) is 0 Å². The zero-order valence-corrected chi connectivity index (χ0v) is 37.2. The van der Waals surface area contributed by atoms with Crippen LogP contribution >= 0.6 is 0 Å². The zero-order valence-electron chi connectivity index (χ0n) is 37.2. The smallest absolute Gasteiger partial charge is 0.313 e. The fourth-order valence-electron chi connectivity index (χ4n) is 7.86. The van der Waals surface area contributed by atoms with Crippen LogP contribution in [0.25, 0.3) is 0 Å². The average Bonchev–Trinajstić information content (AvgIpc) is 3.17. The Labute approximate surface area is 340 Å². The van der Waals surface area contributed by atoms with Crippen molar-refractivity contribution in [2.45, 2.75) is 303 Å². The van der Waals surface area contributed by atoms with E-state index >= 15 is 0 Å². The van der Waals surface area contributed by atoms with Crippen LogP contribution in [0, 0.1) is 0 Å². The molecule has 0 amide bonds. The van der Waals surface area contributed by atoms with E-state index in [4.69, 9.17) is 4.74 Å². The van der Waals surface area contributed by atoms with E-state index in [9.17, 15) is 9.59 Å². The molecule has 0 fully saturated rings. The summed E-state index contributed by atoms with van der Waals surface area (Å²) in [5.41, 5.74) is 0. The third-order valence-electron chi connectivity index (χ3n) is 11.6. The lowest BCUT2D eigenvalue weighted by Gasteiger charge is -2.05. The highest BCUT2D eigenvalue weighted by Gasteiger charge is 2.10. The molecule has 3 heteroatoms. The Morgan fingerprint density at radius 1 is 0.278 bits per heavy atom. The summed E-state index contributed by atoms with van der Waals surface area (Å²) in [6, 6.07) is 0. The molecule has 0 aromatic heterocycles. The zero-order chi connectivity index (χ0) is 39.1. The molecule has 0 saturated carbocycles. The molecular weight excluding hydrogens is 661 g/mol. The second-order valence-corrected chi connectivity index (χ2v) is 17.2. The van der Waals surface area contributed by atoms with Crippen LogP contribution in [-0.4, -0.2) is 11.9 Å². The third kappa shape index (κ3) is 47.0. The highest BCUT2D eigenvalue weighted by Crippen LogP contribution is 2.17. The molecule has 0 N–H and O–H groups in total. The quantitative estimate of drug-likeness (QED) is 0.0269. The predicted octanol–water partition coefficient (Wildman–Crippen LogP) is 18.2. The highest BCUT2D eigenvalue weighted by atomic mass is 16.6. The maximum absolute atomic E-state index is 12.0. The normalized spacial score (nSPS) is 11.6. The molecule has 0 radical (unpaired) electrons. The Hall–Kier alpha value is -1.12. The molecule has 0 atom stereocenters. The van der Waals surface area contributed by atoms with Crippen LogP contribution in [0.1, 0.15) is 303 Å². The predicted molar refractivity (Wildman–Crippen MR) is 239 cm³/mol. The first-order chi connectivity index (χ1) is 26.7. The lowest BCUT2D eigenvalue weighted by atomic mass is 10.0. The van der Waals surface area contributed by atoms with Crippen molar-refractivity contribution in [1.82, 2.24) is 0 Å². The summed E-state index contributed by atoms with van der Waals surface area (Å²) >= 11 is 0. The van der Waals surface area contributed by atoms with Crippen molar-refractivity contribution < 1.29 is 14.3 Å². The fraction of sp³-hybridized carbons (Fsp3) is 0.922. The minimum Gasteiger partial charge on any atom is -0.393 e. The molecule has 3 nitrogen and oxygen atoms in total. The molecule has 0 rings (SSSR count). The van der Waals surface area contributed by atoms with Crippen LogP contribution in [-0.2, 0) is 14.3 Å². The van der Waals surface area contributed by atoms with E-state index in [-0.39, 0.29) is 11.9 Å². The van der Waals surface area contributed by atoms with Crippen LogP contribution in [0.3, 0.4) is 0 Å². The summed E-state index contributed by atoms with van der Waals surface area (Å²) < 4.78 is 5.05. The number of rotatable bonds is 46. The van der Waals surface area contributed by atoms with Crippen molar-refractivity contribution in [1.29, 1.82) is 0 Å². The van der Waals surface area contributed by atoms with Crippen LogP contribution in [0.15, 0.2) is 12.2 Å². The van der Waals surface area contributed by atoms with Crippen molar-refractivity contribution in [3.05, 3.63) is 12.2 Å². The molecule has 0 saturated heterocycles. The van der Waals surface area contributed by atoms with E-state index in [0.29, 0.717) is 12.8 Å². The number of unbranched alkanes of at least 4 members (excludes halogenated alkanes) is 40. The van der Waals surface area contributed by atoms with E-state index in [0.717, 1.165) is 32.1 Å². The minimum absolute atomic E-state index is 0.326. The van der Waals surface area contributed by atoms with Gasteiger partial charge in [0.1, 0.15) is 0 Å². The Balaban J connectivity index is 3.24. The number of ether oxygens (including phenoxy) is 1. The van der Waals surface area contributed by atoms with Gasteiger partial charge in [0.2, 0.25) is 0 Å². The topological polar surface area (TPSA) is 43.4 Å². The molecule has 54 heavy (non-hydrogen) atoms. The number of allylic oxidation sites excluding steroid dienone is 2. The van der Waals surface area contributed by atoms with Gasteiger partial charge in [0.15, 0.2) is 0 Å². The summed E-state index contributed by atoms with van der Waals surface area (Å²) in [6.45, 7) is 4.57. The molecule has 320 valence electrons. The average molecular weight is 759 g/mol. The van der Waals surface area contributed by atoms with Gasteiger partial charge >= 0.3 is 11.9 Å². The SMILES string of the molecule is CCCCCCCC/C=C\CCCCCCCC(=O)OC(=O)CCCCCCCCCCCCCCCCCCCCCCCCCCCCCCCC. The van der Waals surface area contributed by atoms with Crippen molar-refractivity contribution in [2.24, 2.45) is 0 Å². The number of carbonyl (C=O) groups is 2. The van der Waals surface area contributed by atoms with Gasteiger partial charge in [0, 0.05) is 12.8 Å². The Morgan fingerprint density at radius 2 is 0.463 bits per heavy atom. The summed E-state index contributed by atoms with van der Waals surface area (Å²) in [5, 5.41) is 0. The second-order valence-electron chi connectivity index (χ2n) is 17.2. The maximum Gasteiger partial charge on any atom is 0.313 e. The molecule has 0 spiro atoms. The maximum atomic E-state index is 12.0. The monoisotopic (exact) mass is 759 g/mol. The number of hydrogen-bond acceptors (Lipinski definition) is 3. The van der Waals surface area contributed by atoms with Gasteiger partial charge in [0.25, 0.3) is 0 Å². The molecule has 0 aliphatic carbocycles. The van der Waals surface area contributed by atoms with E-state index in [1.165, 1.54) is 244 Å². The van der Waals surface area contributed by atoms with Gasteiger partial charge in [-0.2, -0.15) is 0 Å². The van der Waals surface area contributed by atoms with Crippen molar-refractivity contribution in [2.75, 3.05) is 0 Å². The van der Waals surface area contributed by atoms with Gasteiger partial charge < -0.3 is 4.74 Å². The molecule has 0 aromatic carbocycles. The molecule has 0 aliphatic rings. The third-order valence-corrected chi connectivity index (χ3v) is 11.6. The fourth-order valence-corrected chi connectivity index (χ4v) is 7.86. The number of carbonyl (C=O) groups excluding carboxylic acids is 2. The first kappa shape index (κ1) is 52.9. The van der Waals surface area contributed by atoms with E-state index in [1.807, 2.05) is 0 Å².